The molecule has 14 heavy (non-hydrogen) atoms. The first-order chi connectivity index (χ1) is 6.52. The van der Waals surface area contributed by atoms with Crippen molar-refractivity contribution in [3.8, 4) is 0 Å². The van der Waals surface area contributed by atoms with E-state index < -0.39 is 6.09 Å². The molecule has 1 saturated heterocycles. The van der Waals surface area contributed by atoms with E-state index in [4.69, 9.17) is 5.11 Å². The average Bonchev–Trinajstić information content (AvgIpc) is 2.57. The van der Waals surface area contributed by atoms with Gasteiger partial charge in [0.05, 0.1) is 0 Å². The van der Waals surface area contributed by atoms with Crippen molar-refractivity contribution < 1.29 is 14.7 Å². The van der Waals surface area contributed by atoms with Crippen LogP contribution in [0.4, 0.5) is 4.79 Å². The minimum absolute atomic E-state index is 0.0839. The smallest absolute Gasteiger partial charge is 0.407 e. The molecule has 5 nitrogen and oxygen atoms in total. The van der Waals surface area contributed by atoms with Gasteiger partial charge in [0.2, 0.25) is 5.91 Å². The van der Waals surface area contributed by atoms with Crippen LogP contribution >= 0.6 is 0 Å². The first kappa shape index (κ1) is 9.30. The van der Waals surface area contributed by atoms with Crippen molar-refractivity contribution in [2.45, 2.75) is 0 Å². The van der Waals surface area contributed by atoms with E-state index in [-0.39, 0.29) is 23.7 Å². The van der Waals surface area contributed by atoms with Gasteiger partial charge in [-0.2, -0.15) is 0 Å². The van der Waals surface area contributed by atoms with E-state index in [2.05, 4.69) is 0 Å². The molecule has 1 unspecified atom stereocenters. The van der Waals surface area contributed by atoms with Gasteiger partial charge in [-0.15, -0.1) is 0 Å². The second-order valence-electron chi connectivity index (χ2n) is 4.27. The third-order valence-electron chi connectivity index (χ3n) is 3.19. The van der Waals surface area contributed by atoms with Crippen LogP contribution in [0.5, 0.6) is 0 Å². The maximum absolute atomic E-state index is 11.6. The van der Waals surface area contributed by atoms with Crippen molar-refractivity contribution >= 4 is 12.0 Å². The predicted octanol–water partition coefficient (Wildman–Crippen LogP) is -0.0696. The second kappa shape index (κ2) is 2.87. The molecule has 1 aliphatic carbocycles. The fraction of sp³-hybridized carbons (Fsp3) is 0.778. The Balaban J connectivity index is 1.91. The summed E-state index contributed by atoms with van der Waals surface area (Å²) in [4.78, 5) is 25.2. The third kappa shape index (κ3) is 1.23. The Kier molecular flexibility index (Phi) is 1.90. The number of likely N-dealkylation sites (tertiary alicyclic amines) is 1. The number of hydrogen-bond acceptors (Lipinski definition) is 2. The molecule has 2 aliphatic rings. The molecule has 2 fully saturated rings. The highest BCUT2D eigenvalue weighted by molar-refractivity contribution is 5.82. The van der Waals surface area contributed by atoms with Gasteiger partial charge in [0.1, 0.15) is 0 Å². The molecule has 0 bridgehead atoms. The van der Waals surface area contributed by atoms with Crippen LogP contribution in [0.3, 0.4) is 0 Å². The molecule has 2 amide bonds. The lowest BCUT2D eigenvalue weighted by Crippen LogP contribution is -2.33. The molecule has 3 atom stereocenters. The van der Waals surface area contributed by atoms with Crippen LogP contribution in [0, 0.1) is 17.8 Å². The maximum atomic E-state index is 11.6. The predicted molar refractivity (Wildman–Crippen MR) is 48.8 cm³/mol. The maximum Gasteiger partial charge on any atom is 0.407 e. The van der Waals surface area contributed by atoms with E-state index >= 15 is 0 Å². The first-order valence-corrected chi connectivity index (χ1v) is 4.71. The zero-order valence-corrected chi connectivity index (χ0v) is 8.30. The number of hydrogen-bond donors (Lipinski definition) is 1. The van der Waals surface area contributed by atoms with Crippen LogP contribution in [0.15, 0.2) is 0 Å². The van der Waals surface area contributed by atoms with E-state index in [1.807, 2.05) is 0 Å². The lowest BCUT2D eigenvalue weighted by atomic mass is 10.2. The van der Waals surface area contributed by atoms with E-state index in [0.717, 1.165) is 0 Å². The second-order valence-corrected chi connectivity index (χ2v) is 4.27. The largest absolute Gasteiger partial charge is 0.465 e. The van der Waals surface area contributed by atoms with E-state index in [1.54, 1.807) is 19.0 Å². The zero-order chi connectivity index (χ0) is 10.5. The quantitative estimate of drug-likeness (QED) is 0.641. The fourth-order valence-electron chi connectivity index (χ4n) is 2.35. The topological polar surface area (TPSA) is 60.9 Å². The molecule has 1 aliphatic heterocycles. The number of carbonyl (C=O) groups is 2. The van der Waals surface area contributed by atoms with Gasteiger partial charge in [-0.1, -0.05) is 0 Å². The molecule has 1 heterocycles. The molecule has 2 rings (SSSR count). The zero-order valence-electron chi connectivity index (χ0n) is 8.30. The van der Waals surface area contributed by atoms with Crippen LogP contribution in [-0.4, -0.2) is 54.1 Å². The standard InChI is InChI=1S/C9H14N2O3/c1-10(2)8(12)7-5-3-11(9(13)14)4-6(5)7/h5-7H,3-4H2,1-2H3,(H,13,14)/t5-,6+,7?. The lowest BCUT2D eigenvalue weighted by molar-refractivity contribution is -0.131. The van der Waals surface area contributed by atoms with Gasteiger partial charge in [0.25, 0.3) is 0 Å². The number of piperidine rings is 1. The molecule has 78 valence electrons. The molecular formula is C9H14N2O3. The fourth-order valence-corrected chi connectivity index (χ4v) is 2.35. The van der Waals surface area contributed by atoms with Gasteiger partial charge in [-0.3, -0.25) is 4.79 Å². The summed E-state index contributed by atoms with van der Waals surface area (Å²) >= 11 is 0. The third-order valence-corrected chi connectivity index (χ3v) is 3.19. The van der Waals surface area contributed by atoms with Crippen molar-refractivity contribution in [2.75, 3.05) is 27.2 Å². The summed E-state index contributed by atoms with van der Waals surface area (Å²) in [5.74, 6) is 0.785. The summed E-state index contributed by atoms with van der Waals surface area (Å²) in [5, 5.41) is 8.72. The lowest BCUT2D eigenvalue weighted by Gasteiger charge is -2.17. The Labute approximate surface area is 82.3 Å². The first-order valence-electron chi connectivity index (χ1n) is 4.71. The molecule has 1 saturated carbocycles. The van der Waals surface area contributed by atoms with Crippen LogP contribution in [-0.2, 0) is 4.79 Å². The van der Waals surface area contributed by atoms with Gasteiger partial charge in [0.15, 0.2) is 0 Å². The van der Waals surface area contributed by atoms with Gasteiger partial charge in [0, 0.05) is 33.1 Å². The van der Waals surface area contributed by atoms with E-state index in [0.29, 0.717) is 13.1 Å². The van der Waals surface area contributed by atoms with E-state index in [1.165, 1.54) is 4.90 Å². The summed E-state index contributed by atoms with van der Waals surface area (Å²) in [6, 6.07) is 0. The Bertz CT molecular complexity index is 278. The number of carboxylic acid groups (broad SMARTS) is 1. The van der Waals surface area contributed by atoms with Crippen LogP contribution in [0.1, 0.15) is 0 Å². The highest BCUT2D eigenvalue weighted by Gasteiger charge is 2.60. The van der Waals surface area contributed by atoms with Crippen LogP contribution in [0.25, 0.3) is 0 Å². The normalized spacial score (nSPS) is 33.9. The highest BCUT2D eigenvalue weighted by atomic mass is 16.4. The monoisotopic (exact) mass is 198 g/mol. The molecule has 1 N–H and O–H groups in total. The molecule has 0 aromatic heterocycles. The van der Waals surface area contributed by atoms with Gasteiger partial charge >= 0.3 is 6.09 Å². The van der Waals surface area contributed by atoms with Crippen molar-refractivity contribution in [3.63, 3.8) is 0 Å². The summed E-state index contributed by atoms with van der Waals surface area (Å²) < 4.78 is 0. The van der Waals surface area contributed by atoms with Gasteiger partial charge < -0.3 is 14.9 Å². The van der Waals surface area contributed by atoms with Crippen molar-refractivity contribution in [1.29, 1.82) is 0 Å². The number of rotatable bonds is 1. The SMILES string of the molecule is CN(C)C(=O)C1[C@H]2CN(C(=O)O)C[C@@H]12. The summed E-state index contributed by atoms with van der Waals surface area (Å²) in [7, 11) is 3.48. The Morgan fingerprint density at radius 1 is 1.29 bits per heavy atom. The van der Waals surface area contributed by atoms with Crippen LogP contribution in [0.2, 0.25) is 0 Å². The molecule has 0 spiro atoms. The molecule has 0 radical (unpaired) electrons. The van der Waals surface area contributed by atoms with E-state index in [9.17, 15) is 9.59 Å². The number of nitrogens with zero attached hydrogens (tertiary/aromatic N) is 2. The minimum atomic E-state index is -0.867. The molecule has 0 aromatic carbocycles. The number of fused-ring (bicyclic) bond motifs is 1. The van der Waals surface area contributed by atoms with Crippen molar-refractivity contribution in [3.05, 3.63) is 0 Å². The summed E-state index contributed by atoms with van der Waals surface area (Å²) in [6.45, 7) is 1.06. The highest BCUT2D eigenvalue weighted by Crippen LogP contribution is 2.52. The number of carbonyl (C=O) groups excluding carboxylic acids is 1. The summed E-state index contributed by atoms with van der Waals surface area (Å²) in [5.41, 5.74) is 0. The van der Waals surface area contributed by atoms with Crippen molar-refractivity contribution in [2.24, 2.45) is 17.8 Å². The van der Waals surface area contributed by atoms with Crippen molar-refractivity contribution in [1.82, 2.24) is 9.80 Å². The average molecular weight is 198 g/mol. The Hall–Kier alpha value is -1.26. The molecule has 5 heteroatoms. The molecule has 0 aromatic rings. The molecular weight excluding hydrogens is 184 g/mol. The summed E-state index contributed by atoms with van der Waals surface area (Å²) in [6.07, 6.45) is -0.867. The van der Waals surface area contributed by atoms with Gasteiger partial charge in [-0.05, 0) is 11.8 Å². The minimum Gasteiger partial charge on any atom is -0.465 e. The van der Waals surface area contributed by atoms with Gasteiger partial charge in [-0.25, -0.2) is 4.79 Å². The Morgan fingerprint density at radius 3 is 2.14 bits per heavy atom. The van der Waals surface area contributed by atoms with Crippen LogP contribution < -0.4 is 0 Å². The number of amides is 2. The Morgan fingerprint density at radius 2 is 1.79 bits per heavy atom.